The Hall–Kier alpha value is -1.57. The maximum Gasteiger partial charge on any atom is 0.318 e. The Morgan fingerprint density at radius 2 is 2.29 bits per heavy atom. The molecule has 0 aromatic carbocycles. The van der Waals surface area contributed by atoms with Crippen LogP contribution in [0.2, 0.25) is 0 Å². The minimum absolute atomic E-state index is 0.0403. The molecule has 1 N–H and O–H groups in total. The zero-order valence-electron chi connectivity index (χ0n) is 11.9. The van der Waals surface area contributed by atoms with Crippen LogP contribution in [0.25, 0.3) is 0 Å². The third kappa shape index (κ3) is 3.04. The van der Waals surface area contributed by atoms with Gasteiger partial charge in [0.15, 0.2) is 15.6 Å². The zero-order chi connectivity index (χ0) is 15.0. The molecule has 0 spiro atoms. The molecule has 2 aliphatic heterocycles. The van der Waals surface area contributed by atoms with Crippen LogP contribution in [0.15, 0.2) is 10.6 Å². The maximum atomic E-state index is 12.4. The van der Waals surface area contributed by atoms with Crippen LogP contribution in [0.1, 0.15) is 36.8 Å². The molecule has 0 saturated carbocycles. The Labute approximate surface area is 123 Å². The highest BCUT2D eigenvalue weighted by atomic mass is 32.2. The first-order valence-corrected chi connectivity index (χ1v) is 8.97. The van der Waals surface area contributed by atoms with Crippen LogP contribution >= 0.6 is 0 Å². The van der Waals surface area contributed by atoms with Gasteiger partial charge in [0, 0.05) is 18.7 Å². The normalized spacial score (nSPS) is 28.0. The number of hydrogen-bond acceptors (Lipinski definition) is 5. The molecule has 1 aromatic rings. The van der Waals surface area contributed by atoms with E-state index in [9.17, 15) is 13.2 Å². The average molecular weight is 313 g/mol. The van der Waals surface area contributed by atoms with E-state index in [1.807, 2.05) is 13.0 Å². The van der Waals surface area contributed by atoms with Gasteiger partial charge in [-0.2, -0.15) is 0 Å². The lowest BCUT2D eigenvalue weighted by molar-refractivity contribution is 0.179. The third-order valence-corrected chi connectivity index (χ3v) is 5.82. The minimum Gasteiger partial charge on any atom is -0.359 e. The van der Waals surface area contributed by atoms with E-state index in [0.717, 1.165) is 18.5 Å². The molecule has 0 bridgehead atoms. The van der Waals surface area contributed by atoms with Gasteiger partial charge in [-0.25, -0.2) is 13.2 Å². The quantitative estimate of drug-likeness (QED) is 0.880. The smallest absolute Gasteiger partial charge is 0.318 e. The van der Waals surface area contributed by atoms with Crippen molar-refractivity contribution < 1.29 is 17.7 Å². The van der Waals surface area contributed by atoms with E-state index in [2.05, 4.69) is 10.5 Å². The fourth-order valence-corrected chi connectivity index (χ4v) is 4.69. The maximum absolute atomic E-state index is 12.4. The van der Waals surface area contributed by atoms with Gasteiger partial charge in [-0.15, -0.1) is 0 Å². The number of carbonyl (C=O) groups excluding carboxylic acids is 1. The summed E-state index contributed by atoms with van der Waals surface area (Å²) in [6.45, 7) is 2.49. The molecule has 3 heterocycles. The van der Waals surface area contributed by atoms with Crippen molar-refractivity contribution in [1.82, 2.24) is 15.4 Å². The fourth-order valence-electron chi connectivity index (χ4n) is 3.01. The molecule has 7 nitrogen and oxygen atoms in total. The van der Waals surface area contributed by atoms with Crippen LogP contribution in [0.5, 0.6) is 0 Å². The summed E-state index contributed by atoms with van der Waals surface area (Å²) in [5, 5.41) is 6.69. The number of nitrogens with zero attached hydrogens (tertiary/aromatic N) is 2. The summed E-state index contributed by atoms with van der Waals surface area (Å²) in [6, 6.07) is 1.24. The van der Waals surface area contributed by atoms with Gasteiger partial charge >= 0.3 is 6.03 Å². The van der Waals surface area contributed by atoms with Crippen molar-refractivity contribution >= 4 is 15.9 Å². The monoisotopic (exact) mass is 313 g/mol. The Bertz CT molecular complexity index is 640. The topological polar surface area (TPSA) is 92.5 Å². The Balaban J connectivity index is 1.66. The summed E-state index contributed by atoms with van der Waals surface area (Å²) in [4.78, 5) is 14.1. The van der Waals surface area contributed by atoms with Gasteiger partial charge in [0.05, 0.1) is 23.2 Å². The lowest BCUT2D eigenvalue weighted by Gasteiger charge is -2.24. The third-order valence-electron chi connectivity index (χ3n) is 4.05. The average Bonchev–Trinajstić information content (AvgIpc) is 3.09. The predicted molar refractivity (Wildman–Crippen MR) is 75.5 cm³/mol. The molecule has 8 heteroatoms. The predicted octanol–water partition coefficient (Wildman–Crippen LogP) is 1.02. The molecule has 0 unspecified atom stereocenters. The summed E-state index contributed by atoms with van der Waals surface area (Å²) < 4.78 is 28.2. The molecule has 0 aliphatic carbocycles. The van der Waals surface area contributed by atoms with Crippen LogP contribution in [0.4, 0.5) is 4.79 Å². The van der Waals surface area contributed by atoms with Crippen molar-refractivity contribution in [3.05, 3.63) is 17.5 Å². The molecule has 3 rings (SSSR count). The Kier molecular flexibility index (Phi) is 3.64. The second kappa shape index (κ2) is 5.32. The van der Waals surface area contributed by atoms with Gasteiger partial charge in [0.1, 0.15) is 0 Å². The number of urea groups is 1. The van der Waals surface area contributed by atoms with E-state index >= 15 is 0 Å². The van der Waals surface area contributed by atoms with Gasteiger partial charge in [-0.1, -0.05) is 5.16 Å². The molecule has 116 valence electrons. The lowest BCUT2D eigenvalue weighted by atomic mass is 10.1. The highest BCUT2D eigenvalue weighted by molar-refractivity contribution is 7.91. The zero-order valence-corrected chi connectivity index (χ0v) is 12.7. The first kappa shape index (κ1) is 14.4. The second-order valence-corrected chi connectivity index (χ2v) is 8.00. The largest absolute Gasteiger partial charge is 0.359 e. The highest BCUT2D eigenvalue weighted by Crippen LogP contribution is 2.32. The molecule has 21 heavy (non-hydrogen) atoms. The van der Waals surface area contributed by atoms with E-state index < -0.39 is 9.84 Å². The summed E-state index contributed by atoms with van der Waals surface area (Å²) in [5.74, 6) is 0.889. The van der Waals surface area contributed by atoms with Crippen molar-refractivity contribution in [2.75, 3.05) is 18.1 Å². The van der Waals surface area contributed by atoms with Crippen LogP contribution < -0.4 is 5.32 Å². The van der Waals surface area contributed by atoms with Crippen molar-refractivity contribution in [3.63, 3.8) is 0 Å². The number of likely N-dealkylation sites (tertiary alicyclic amines) is 1. The molecule has 2 saturated heterocycles. The van der Waals surface area contributed by atoms with Crippen LogP contribution in [0, 0.1) is 6.92 Å². The van der Waals surface area contributed by atoms with E-state index in [1.54, 1.807) is 4.90 Å². The van der Waals surface area contributed by atoms with Gasteiger partial charge in [-0.05, 0) is 26.2 Å². The van der Waals surface area contributed by atoms with Crippen molar-refractivity contribution in [2.45, 2.75) is 38.3 Å². The van der Waals surface area contributed by atoms with Crippen molar-refractivity contribution in [2.24, 2.45) is 0 Å². The molecule has 1 aromatic heterocycles. The van der Waals surface area contributed by atoms with Crippen LogP contribution in [0.3, 0.4) is 0 Å². The number of amides is 2. The highest BCUT2D eigenvalue weighted by Gasteiger charge is 2.35. The summed E-state index contributed by atoms with van der Waals surface area (Å²) >= 11 is 0. The SMILES string of the molecule is Cc1cc([C@@H]2CCCN2C(=O)N[C@@H]2CCS(=O)(=O)C2)on1. The van der Waals surface area contributed by atoms with E-state index in [1.165, 1.54) is 0 Å². The van der Waals surface area contributed by atoms with E-state index in [4.69, 9.17) is 4.52 Å². The van der Waals surface area contributed by atoms with E-state index in [0.29, 0.717) is 18.7 Å². The number of carbonyl (C=O) groups is 1. The first-order valence-electron chi connectivity index (χ1n) is 7.15. The number of rotatable bonds is 2. The number of aryl methyl sites for hydroxylation is 1. The molecule has 2 fully saturated rings. The van der Waals surface area contributed by atoms with Gasteiger partial charge in [-0.3, -0.25) is 0 Å². The fraction of sp³-hybridized carbons (Fsp3) is 0.692. The molecule has 2 aliphatic rings. The van der Waals surface area contributed by atoms with Crippen LogP contribution in [-0.2, 0) is 9.84 Å². The van der Waals surface area contributed by atoms with Gasteiger partial charge in [0.25, 0.3) is 0 Å². The molecule has 0 radical (unpaired) electrons. The number of aromatic nitrogens is 1. The van der Waals surface area contributed by atoms with Crippen molar-refractivity contribution in [1.29, 1.82) is 0 Å². The Morgan fingerprint density at radius 1 is 1.48 bits per heavy atom. The first-order chi connectivity index (χ1) is 9.94. The van der Waals surface area contributed by atoms with Crippen molar-refractivity contribution in [3.8, 4) is 0 Å². The summed E-state index contributed by atoms with van der Waals surface area (Å²) in [7, 11) is -2.99. The molecule has 2 amide bonds. The second-order valence-electron chi connectivity index (χ2n) is 5.77. The number of sulfone groups is 1. The standard InChI is InChI=1S/C13H19N3O4S/c1-9-7-12(20-15-9)11-3-2-5-16(11)13(17)14-10-4-6-21(18,19)8-10/h7,10-11H,2-6,8H2,1H3,(H,14,17)/t10-,11+/m1/s1. The molecular formula is C13H19N3O4S. The summed E-state index contributed by atoms with van der Waals surface area (Å²) in [6.07, 6.45) is 2.24. The Morgan fingerprint density at radius 3 is 2.90 bits per heavy atom. The minimum atomic E-state index is -2.99. The van der Waals surface area contributed by atoms with Gasteiger partial charge in [0.2, 0.25) is 0 Å². The number of hydrogen-bond donors (Lipinski definition) is 1. The molecular weight excluding hydrogens is 294 g/mol. The molecule has 2 atom stereocenters. The lowest BCUT2D eigenvalue weighted by Crippen LogP contribution is -2.44. The van der Waals surface area contributed by atoms with Crippen LogP contribution in [-0.4, -0.2) is 48.6 Å². The summed E-state index contributed by atoms with van der Waals surface area (Å²) in [5.41, 5.74) is 0.791. The van der Waals surface area contributed by atoms with E-state index in [-0.39, 0.29) is 29.6 Å². The number of nitrogens with one attached hydrogen (secondary N) is 1. The van der Waals surface area contributed by atoms with Gasteiger partial charge < -0.3 is 14.7 Å².